The number of nitrogens with one attached hydrogen (secondary N) is 3. The summed E-state index contributed by atoms with van der Waals surface area (Å²) in [7, 11) is 0. The van der Waals surface area contributed by atoms with Crippen LogP contribution in [0.25, 0.3) is 5.65 Å². The topological polar surface area (TPSA) is 66.3 Å². The minimum absolute atomic E-state index is 0.351. The van der Waals surface area contributed by atoms with Gasteiger partial charge in [-0.1, -0.05) is 29.3 Å². The average molecular weight is 377 g/mol. The molecule has 3 N–H and O–H groups in total. The second-order valence-corrected chi connectivity index (χ2v) is 6.92. The summed E-state index contributed by atoms with van der Waals surface area (Å²) in [6.45, 7) is 2.00. The van der Waals surface area contributed by atoms with E-state index in [2.05, 4.69) is 26.0 Å². The number of halogens is 2. The highest BCUT2D eigenvalue weighted by molar-refractivity contribution is 6.33. The fraction of sp³-hybridized carbons (Fsp3) is 0.294. The molecule has 0 amide bonds. The van der Waals surface area contributed by atoms with E-state index < -0.39 is 0 Å². The molecule has 1 aromatic carbocycles. The number of aromatic nitrogens is 3. The summed E-state index contributed by atoms with van der Waals surface area (Å²) in [6.07, 6.45) is 3.86. The average Bonchev–Trinajstić information content (AvgIpc) is 2.97. The summed E-state index contributed by atoms with van der Waals surface area (Å²) in [6, 6.07) is 9.82. The normalized spacial score (nSPS) is 17.6. The van der Waals surface area contributed by atoms with Crippen molar-refractivity contribution in [2.75, 3.05) is 23.7 Å². The molecule has 1 aliphatic rings. The molecule has 0 saturated carbocycles. The minimum Gasteiger partial charge on any atom is -0.366 e. The zero-order valence-corrected chi connectivity index (χ0v) is 15.0. The number of rotatable bonds is 4. The maximum absolute atomic E-state index is 6.25. The van der Waals surface area contributed by atoms with Crippen molar-refractivity contribution < 1.29 is 0 Å². The van der Waals surface area contributed by atoms with Crippen LogP contribution in [-0.4, -0.2) is 33.7 Å². The van der Waals surface area contributed by atoms with Crippen molar-refractivity contribution in [3.05, 3.63) is 46.6 Å². The van der Waals surface area contributed by atoms with E-state index in [0.717, 1.165) is 43.3 Å². The molecular formula is C17H18Cl2N6. The van der Waals surface area contributed by atoms with E-state index in [1.807, 2.05) is 30.3 Å². The van der Waals surface area contributed by atoms with Gasteiger partial charge in [-0.3, -0.25) is 0 Å². The molecule has 6 nitrogen and oxygen atoms in total. The second-order valence-electron chi connectivity index (χ2n) is 6.08. The molecule has 130 valence electrons. The molecule has 1 fully saturated rings. The lowest BCUT2D eigenvalue weighted by Crippen LogP contribution is -2.38. The molecule has 3 heterocycles. The van der Waals surface area contributed by atoms with Crippen LogP contribution in [0.3, 0.4) is 0 Å². The molecule has 0 unspecified atom stereocenters. The zero-order valence-electron chi connectivity index (χ0n) is 13.5. The molecule has 0 aliphatic carbocycles. The van der Waals surface area contributed by atoms with Crippen molar-refractivity contribution in [3.63, 3.8) is 0 Å². The highest BCUT2D eigenvalue weighted by Gasteiger charge is 2.16. The molecule has 8 heteroatoms. The monoisotopic (exact) mass is 376 g/mol. The maximum Gasteiger partial charge on any atom is 0.178 e. The fourth-order valence-electron chi connectivity index (χ4n) is 3.00. The van der Waals surface area contributed by atoms with Crippen LogP contribution in [-0.2, 0) is 0 Å². The Morgan fingerprint density at radius 1 is 1.24 bits per heavy atom. The highest BCUT2D eigenvalue weighted by atomic mass is 35.5. The first kappa shape index (κ1) is 16.4. The first-order valence-corrected chi connectivity index (χ1v) is 8.99. The van der Waals surface area contributed by atoms with Crippen molar-refractivity contribution in [1.82, 2.24) is 19.9 Å². The van der Waals surface area contributed by atoms with Crippen LogP contribution in [0.1, 0.15) is 12.8 Å². The third-order valence-corrected chi connectivity index (χ3v) is 4.68. The second kappa shape index (κ2) is 7.07. The van der Waals surface area contributed by atoms with Gasteiger partial charge in [-0.25, -0.2) is 4.98 Å². The van der Waals surface area contributed by atoms with Gasteiger partial charge < -0.3 is 16.0 Å². The van der Waals surface area contributed by atoms with Gasteiger partial charge in [0.2, 0.25) is 0 Å². The van der Waals surface area contributed by atoms with Crippen LogP contribution in [0.15, 0.2) is 36.5 Å². The molecule has 0 bridgehead atoms. The van der Waals surface area contributed by atoms with Gasteiger partial charge >= 0.3 is 0 Å². The van der Waals surface area contributed by atoms with E-state index in [1.54, 1.807) is 10.7 Å². The number of hydrogen-bond donors (Lipinski definition) is 3. The maximum atomic E-state index is 6.25. The van der Waals surface area contributed by atoms with Gasteiger partial charge in [-0.05, 0) is 37.6 Å². The molecule has 25 heavy (non-hydrogen) atoms. The van der Waals surface area contributed by atoms with Gasteiger partial charge in [0.1, 0.15) is 16.7 Å². The molecule has 4 rings (SSSR count). The Hall–Kier alpha value is -2.02. The fourth-order valence-corrected chi connectivity index (χ4v) is 3.35. The van der Waals surface area contributed by atoms with Crippen molar-refractivity contribution >= 4 is 46.2 Å². The molecule has 1 saturated heterocycles. The Kier molecular flexibility index (Phi) is 4.65. The standard InChI is InChI=1S/C17H18Cl2N6/c18-11-3-1-4-12(7-11)23-16-8-15(22-13-5-2-6-20-9-13)24-17-14(19)10-21-25(16)17/h1,3-4,7-8,10,13,20,23H,2,5-6,9H2,(H,22,24)/t13-/m0/s1. The van der Waals surface area contributed by atoms with Crippen LogP contribution in [0.5, 0.6) is 0 Å². The van der Waals surface area contributed by atoms with Crippen LogP contribution in [0.2, 0.25) is 10.0 Å². The summed E-state index contributed by atoms with van der Waals surface area (Å²) < 4.78 is 1.69. The zero-order chi connectivity index (χ0) is 17.2. The lowest BCUT2D eigenvalue weighted by atomic mass is 10.1. The number of benzene rings is 1. The number of anilines is 3. The Labute approximate surface area is 155 Å². The molecule has 0 spiro atoms. The SMILES string of the molecule is Clc1cccc(Nc2cc(N[C@H]3CCCNC3)nc3c(Cl)cnn23)c1. The van der Waals surface area contributed by atoms with Crippen molar-refractivity contribution in [3.8, 4) is 0 Å². The lowest BCUT2D eigenvalue weighted by Gasteiger charge is -2.24. The summed E-state index contributed by atoms with van der Waals surface area (Å²) in [5, 5.41) is 15.7. The van der Waals surface area contributed by atoms with Crippen LogP contribution < -0.4 is 16.0 Å². The summed E-state index contributed by atoms with van der Waals surface area (Å²) >= 11 is 12.3. The summed E-state index contributed by atoms with van der Waals surface area (Å²) in [5.41, 5.74) is 1.48. The molecule has 1 atom stereocenters. The third-order valence-electron chi connectivity index (χ3n) is 4.17. The summed E-state index contributed by atoms with van der Waals surface area (Å²) in [4.78, 5) is 4.61. The van der Waals surface area contributed by atoms with Crippen molar-refractivity contribution in [2.24, 2.45) is 0 Å². The highest BCUT2D eigenvalue weighted by Crippen LogP contribution is 2.26. The number of piperidine rings is 1. The molecular weight excluding hydrogens is 359 g/mol. The van der Waals surface area contributed by atoms with Gasteiger partial charge in [-0.2, -0.15) is 9.61 Å². The Balaban J connectivity index is 1.68. The molecule has 3 aromatic rings. The quantitative estimate of drug-likeness (QED) is 0.643. The largest absolute Gasteiger partial charge is 0.366 e. The minimum atomic E-state index is 0.351. The lowest BCUT2D eigenvalue weighted by molar-refractivity contribution is 0.479. The van der Waals surface area contributed by atoms with Crippen LogP contribution in [0.4, 0.5) is 17.3 Å². The predicted octanol–water partition coefficient (Wildman–Crippen LogP) is 3.94. The van der Waals surface area contributed by atoms with E-state index in [1.165, 1.54) is 0 Å². The van der Waals surface area contributed by atoms with Gasteiger partial charge in [0, 0.05) is 29.4 Å². The van der Waals surface area contributed by atoms with Gasteiger partial charge in [0.15, 0.2) is 5.65 Å². The number of nitrogens with zero attached hydrogens (tertiary/aromatic N) is 3. The van der Waals surface area contributed by atoms with E-state index >= 15 is 0 Å². The molecule has 2 aromatic heterocycles. The van der Waals surface area contributed by atoms with Gasteiger partial charge in [0.05, 0.1) is 6.20 Å². The third kappa shape index (κ3) is 3.66. The van der Waals surface area contributed by atoms with Crippen molar-refractivity contribution in [2.45, 2.75) is 18.9 Å². The van der Waals surface area contributed by atoms with E-state index in [0.29, 0.717) is 21.7 Å². The van der Waals surface area contributed by atoms with E-state index in [-0.39, 0.29) is 0 Å². The van der Waals surface area contributed by atoms with Gasteiger partial charge in [-0.15, -0.1) is 0 Å². The van der Waals surface area contributed by atoms with E-state index in [4.69, 9.17) is 23.2 Å². The summed E-state index contributed by atoms with van der Waals surface area (Å²) in [5.74, 6) is 1.54. The van der Waals surface area contributed by atoms with Crippen molar-refractivity contribution in [1.29, 1.82) is 0 Å². The number of fused-ring (bicyclic) bond motifs is 1. The Bertz CT molecular complexity index is 888. The van der Waals surface area contributed by atoms with E-state index in [9.17, 15) is 0 Å². The predicted molar refractivity (Wildman–Crippen MR) is 102 cm³/mol. The first-order valence-electron chi connectivity index (χ1n) is 8.23. The number of hydrogen-bond acceptors (Lipinski definition) is 5. The first-order chi connectivity index (χ1) is 12.2. The van der Waals surface area contributed by atoms with Crippen LogP contribution in [0, 0.1) is 0 Å². The Morgan fingerprint density at radius 3 is 2.96 bits per heavy atom. The molecule has 1 aliphatic heterocycles. The smallest absolute Gasteiger partial charge is 0.178 e. The van der Waals surface area contributed by atoms with Crippen LogP contribution >= 0.6 is 23.2 Å². The van der Waals surface area contributed by atoms with Gasteiger partial charge in [0.25, 0.3) is 0 Å². The molecule has 0 radical (unpaired) electrons. The Morgan fingerprint density at radius 2 is 2.16 bits per heavy atom.